The largest absolute Gasteiger partial charge is 0.461 e. The SMILES string of the molecule is CCOC(=O)c1c(C)ccn1CC(N)=O. The second-order valence-corrected chi connectivity index (χ2v) is 3.16. The Morgan fingerprint density at radius 2 is 2.20 bits per heavy atom. The summed E-state index contributed by atoms with van der Waals surface area (Å²) in [5, 5.41) is 0. The lowest BCUT2D eigenvalue weighted by atomic mass is 10.3. The molecule has 1 rings (SSSR count). The van der Waals surface area contributed by atoms with Gasteiger partial charge in [-0.3, -0.25) is 4.79 Å². The minimum absolute atomic E-state index is 0.0119. The van der Waals surface area contributed by atoms with Gasteiger partial charge in [0, 0.05) is 6.20 Å². The number of nitrogens with zero attached hydrogens (tertiary/aromatic N) is 1. The van der Waals surface area contributed by atoms with Gasteiger partial charge < -0.3 is 15.0 Å². The van der Waals surface area contributed by atoms with Gasteiger partial charge >= 0.3 is 5.97 Å². The highest BCUT2D eigenvalue weighted by Crippen LogP contribution is 2.11. The first-order chi connectivity index (χ1) is 7.06. The molecule has 0 unspecified atom stereocenters. The second kappa shape index (κ2) is 4.63. The Hall–Kier alpha value is -1.78. The highest BCUT2D eigenvalue weighted by Gasteiger charge is 2.16. The fourth-order valence-electron chi connectivity index (χ4n) is 1.36. The third-order valence-corrected chi connectivity index (χ3v) is 1.96. The number of aryl methyl sites for hydroxylation is 1. The number of esters is 1. The molecule has 0 radical (unpaired) electrons. The molecule has 0 aliphatic heterocycles. The summed E-state index contributed by atoms with van der Waals surface area (Å²) in [5.41, 5.74) is 6.22. The van der Waals surface area contributed by atoms with Crippen molar-refractivity contribution in [2.45, 2.75) is 20.4 Å². The lowest BCUT2D eigenvalue weighted by Gasteiger charge is -2.07. The van der Waals surface area contributed by atoms with E-state index in [4.69, 9.17) is 10.5 Å². The lowest BCUT2D eigenvalue weighted by Crippen LogP contribution is -2.22. The number of nitrogens with two attached hydrogens (primary N) is 1. The maximum absolute atomic E-state index is 11.5. The molecule has 0 aliphatic rings. The molecule has 0 atom stereocenters. The number of carbonyl (C=O) groups excluding carboxylic acids is 2. The van der Waals surface area contributed by atoms with Crippen molar-refractivity contribution in [3.8, 4) is 0 Å². The van der Waals surface area contributed by atoms with Crippen molar-refractivity contribution in [3.05, 3.63) is 23.5 Å². The zero-order valence-electron chi connectivity index (χ0n) is 8.82. The number of ether oxygens (including phenoxy) is 1. The van der Waals surface area contributed by atoms with Gasteiger partial charge in [0.05, 0.1) is 6.61 Å². The number of amides is 1. The van der Waals surface area contributed by atoms with Crippen molar-refractivity contribution < 1.29 is 14.3 Å². The number of primary amides is 1. The highest BCUT2D eigenvalue weighted by molar-refractivity contribution is 5.90. The van der Waals surface area contributed by atoms with Gasteiger partial charge in [-0.2, -0.15) is 0 Å². The first-order valence-electron chi connectivity index (χ1n) is 4.67. The van der Waals surface area contributed by atoms with Gasteiger partial charge in [-0.15, -0.1) is 0 Å². The molecule has 0 bridgehead atoms. The maximum Gasteiger partial charge on any atom is 0.355 e. The molecule has 1 heterocycles. The van der Waals surface area contributed by atoms with E-state index in [1.54, 1.807) is 26.1 Å². The minimum Gasteiger partial charge on any atom is -0.461 e. The van der Waals surface area contributed by atoms with Crippen LogP contribution in [0.5, 0.6) is 0 Å². The normalized spacial score (nSPS) is 10.0. The summed E-state index contributed by atoms with van der Waals surface area (Å²) in [7, 11) is 0. The second-order valence-electron chi connectivity index (χ2n) is 3.16. The standard InChI is InChI=1S/C10H14N2O3/c1-3-15-10(14)9-7(2)4-5-12(9)6-8(11)13/h4-5H,3,6H2,1-2H3,(H2,11,13). The summed E-state index contributed by atoms with van der Waals surface area (Å²) in [5.74, 6) is -0.919. The summed E-state index contributed by atoms with van der Waals surface area (Å²) >= 11 is 0. The molecule has 1 aromatic rings. The van der Waals surface area contributed by atoms with Gasteiger partial charge in [-0.25, -0.2) is 4.79 Å². The number of carbonyl (C=O) groups is 2. The van der Waals surface area contributed by atoms with Crippen LogP contribution in [-0.4, -0.2) is 23.1 Å². The van der Waals surface area contributed by atoms with E-state index < -0.39 is 11.9 Å². The molecule has 0 saturated heterocycles. The maximum atomic E-state index is 11.5. The molecule has 0 fully saturated rings. The van der Waals surface area contributed by atoms with Crippen LogP contribution in [0.2, 0.25) is 0 Å². The minimum atomic E-state index is -0.490. The van der Waals surface area contributed by atoms with Gasteiger partial charge in [-0.1, -0.05) is 0 Å². The zero-order valence-corrected chi connectivity index (χ0v) is 8.82. The van der Waals surface area contributed by atoms with Crippen LogP contribution >= 0.6 is 0 Å². The van der Waals surface area contributed by atoms with E-state index >= 15 is 0 Å². The number of rotatable bonds is 4. The fraction of sp³-hybridized carbons (Fsp3) is 0.400. The molecule has 0 aromatic carbocycles. The Bertz CT molecular complexity index is 382. The summed E-state index contributed by atoms with van der Waals surface area (Å²) < 4.78 is 6.37. The van der Waals surface area contributed by atoms with Crippen molar-refractivity contribution in [3.63, 3.8) is 0 Å². The molecule has 5 heteroatoms. The van der Waals surface area contributed by atoms with Crippen LogP contribution in [0.1, 0.15) is 23.0 Å². The van der Waals surface area contributed by atoms with Gasteiger partial charge in [-0.05, 0) is 25.5 Å². The zero-order chi connectivity index (χ0) is 11.4. The number of hydrogen-bond acceptors (Lipinski definition) is 3. The van der Waals surface area contributed by atoms with Crippen molar-refractivity contribution in [1.29, 1.82) is 0 Å². The van der Waals surface area contributed by atoms with Crippen LogP contribution in [0.3, 0.4) is 0 Å². The van der Waals surface area contributed by atoms with Crippen LogP contribution in [0.4, 0.5) is 0 Å². The predicted octanol–water partition coefficient (Wildman–Crippen LogP) is 0.459. The van der Waals surface area contributed by atoms with Gasteiger partial charge in [0.25, 0.3) is 0 Å². The molecular weight excluding hydrogens is 196 g/mol. The van der Waals surface area contributed by atoms with E-state index in [1.165, 1.54) is 4.57 Å². The molecule has 0 spiro atoms. The van der Waals surface area contributed by atoms with Gasteiger partial charge in [0.2, 0.25) is 5.91 Å². The quantitative estimate of drug-likeness (QED) is 0.733. The van der Waals surface area contributed by atoms with Crippen LogP contribution < -0.4 is 5.73 Å². The van der Waals surface area contributed by atoms with E-state index in [1.807, 2.05) is 0 Å². The first kappa shape index (κ1) is 11.3. The smallest absolute Gasteiger partial charge is 0.355 e. The Kier molecular flexibility index (Phi) is 3.49. The molecule has 5 nitrogen and oxygen atoms in total. The predicted molar refractivity (Wildman–Crippen MR) is 54.3 cm³/mol. The molecule has 15 heavy (non-hydrogen) atoms. The molecule has 0 aliphatic carbocycles. The molecule has 2 N–H and O–H groups in total. The third kappa shape index (κ3) is 2.59. The fourth-order valence-corrected chi connectivity index (χ4v) is 1.36. The monoisotopic (exact) mass is 210 g/mol. The Labute approximate surface area is 87.8 Å². The van der Waals surface area contributed by atoms with Crippen molar-refractivity contribution >= 4 is 11.9 Å². The number of aromatic nitrogens is 1. The Morgan fingerprint density at radius 3 is 2.73 bits per heavy atom. The molecule has 1 amide bonds. The van der Waals surface area contributed by atoms with Crippen molar-refractivity contribution in [2.75, 3.05) is 6.61 Å². The van der Waals surface area contributed by atoms with Crippen molar-refractivity contribution in [2.24, 2.45) is 5.73 Å². The highest BCUT2D eigenvalue weighted by atomic mass is 16.5. The van der Waals surface area contributed by atoms with E-state index in [2.05, 4.69) is 0 Å². The summed E-state index contributed by atoms with van der Waals surface area (Å²) in [6, 6.07) is 1.75. The van der Waals surface area contributed by atoms with Crippen LogP contribution in [-0.2, 0) is 16.1 Å². The van der Waals surface area contributed by atoms with E-state index in [0.717, 1.165) is 5.56 Å². The Morgan fingerprint density at radius 1 is 1.53 bits per heavy atom. The van der Waals surface area contributed by atoms with Crippen molar-refractivity contribution in [1.82, 2.24) is 4.57 Å². The Balaban J connectivity index is 2.98. The molecular formula is C10H14N2O3. The average Bonchev–Trinajstić information content (AvgIpc) is 2.46. The first-order valence-corrected chi connectivity index (χ1v) is 4.67. The summed E-state index contributed by atoms with van der Waals surface area (Å²) in [6.07, 6.45) is 1.65. The van der Waals surface area contributed by atoms with Crippen LogP contribution in [0.25, 0.3) is 0 Å². The molecule has 0 saturated carbocycles. The average molecular weight is 210 g/mol. The van der Waals surface area contributed by atoms with Crippen LogP contribution in [0, 0.1) is 6.92 Å². The molecule has 1 aromatic heterocycles. The van der Waals surface area contributed by atoms with Crippen LogP contribution in [0.15, 0.2) is 12.3 Å². The molecule has 82 valence electrons. The third-order valence-electron chi connectivity index (χ3n) is 1.96. The van der Waals surface area contributed by atoms with E-state index in [9.17, 15) is 9.59 Å². The van der Waals surface area contributed by atoms with E-state index in [-0.39, 0.29) is 6.54 Å². The van der Waals surface area contributed by atoms with Gasteiger partial charge in [0.1, 0.15) is 12.2 Å². The lowest BCUT2D eigenvalue weighted by molar-refractivity contribution is -0.118. The summed E-state index contributed by atoms with van der Waals surface area (Å²) in [6.45, 7) is 3.81. The summed E-state index contributed by atoms with van der Waals surface area (Å²) in [4.78, 5) is 22.3. The number of hydrogen-bond donors (Lipinski definition) is 1. The van der Waals surface area contributed by atoms with Gasteiger partial charge in [0.15, 0.2) is 0 Å². The van der Waals surface area contributed by atoms with E-state index in [0.29, 0.717) is 12.3 Å². The topological polar surface area (TPSA) is 74.3 Å².